The molecule has 0 saturated heterocycles. The van der Waals surface area contributed by atoms with Gasteiger partial charge in [0, 0.05) is 5.56 Å². The van der Waals surface area contributed by atoms with Gasteiger partial charge in [-0.1, -0.05) is 30.3 Å². The molecule has 0 heterocycles. The number of benzene rings is 1. The zero-order valence-electron chi connectivity index (χ0n) is 7.92. The minimum Gasteiger partial charge on any atom is -0.481 e. The maximum atomic E-state index is 11.0. The van der Waals surface area contributed by atoms with Crippen LogP contribution in [0.25, 0.3) is 0 Å². The molecule has 0 amide bonds. The van der Waals surface area contributed by atoms with Crippen molar-refractivity contribution in [2.75, 3.05) is 0 Å². The Morgan fingerprint density at radius 2 is 1.93 bits per heavy atom. The van der Waals surface area contributed by atoms with Crippen molar-refractivity contribution in [3.8, 4) is 0 Å². The largest absolute Gasteiger partial charge is 0.481 e. The summed E-state index contributed by atoms with van der Waals surface area (Å²) in [5, 5.41) is 8.33. The van der Waals surface area contributed by atoms with Crippen LogP contribution in [0.15, 0.2) is 30.3 Å². The van der Waals surface area contributed by atoms with Crippen LogP contribution in [0, 0.1) is 0 Å². The average Bonchev–Trinajstić information content (AvgIpc) is 2.17. The summed E-state index contributed by atoms with van der Waals surface area (Å²) in [5.74, 6) is -2.08. The maximum absolute atomic E-state index is 11.0. The molecule has 5 heteroatoms. The summed E-state index contributed by atoms with van der Waals surface area (Å²) < 4.78 is 4.71. The van der Waals surface area contributed by atoms with Crippen molar-refractivity contribution < 1.29 is 19.4 Å². The Hall–Kier alpha value is -1.88. The molecule has 0 aliphatic rings. The molecule has 5 nitrogen and oxygen atoms in total. The predicted octanol–water partition coefficient (Wildman–Crippen LogP) is 0.662. The lowest BCUT2D eigenvalue weighted by Gasteiger charge is -2.12. The summed E-state index contributed by atoms with van der Waals surface area (Å²) in [6, 6.07) is 8.69. The highest BCUT2D eigenvalue weighted by Gasteiger charge is 2.14. The average molecular weight is 209 g/mol. The van der Waals surface area contributed by atoms with Crippen LogP contribution < -0.4 is 5.73 Å². The lowest BCUT2D eigenvalue weighted by Crippen LogP contribution is -2.20. The van der Waals surface area contributed by atoms with E-state index in [0.29, 0.717) is 5.56 Å². The summed E-state index contributed by atoms with van der Waals surface area (Å²) in [4.78, 5) is 21.1. The summed E-state index contributed by atoms with van der Waals surface area (Å²) in [5.41, 5.74) is 6.16. The number of carboxylic acids is 1. The van der Waals surface area contributed by atoms with Gasteiger partial charge in [-0.05, 0) is 0 Å². The van der Waals surface area contributed by atoms with Crippen molar-refractivity contribution in [2.45, 2.75) is 12.6 Å². The van der Waals surface area contributed by atoms with Crippen LogP contribution >= 0.6 is 0 Å². The van der Waals surface area contributed by atoms with Crippen molar-refractivity contribution in [2.24, 2.45) is 5.73 Å². The van der Waals surface area contributed by atoms with Crippen LogP contribution in [0.5, 0.6) is 0 Å². The molecule has 0 radical (unpaired) electrons. The zero-order valence-corrected chi connectivity index (χ0v) is 7.92. The summed E-state index contributed by atoms with van der Waals surface area (Å²) in [6.45, 7) is 0. The third-order valence-corrected chi connectivity index (χ3v) is 1.68. The fourth-order valence-corrected chi connectivity index (χ4v) is 1.02. The van der Waals surface area contributed by atoms with Gasteiger partial charge in [0.15, 0.2) is 6.23 Å². The van der Waals surface area contributed by atoms with E-state index in [-0.39, 0.29) is 0 Å². The van der Waals surface area contributed by atoms with Crippen LogP contribution in [-0.4, -0.2) is 17.0 Å². The predicted molar refractivity (Wildman–Crippen MR) is 51.7 cm³/mol. The summed E-state index contributed by atoms with van der Waals surface area (Å²) >= 11 is 0. The molecular formula is C10H11NO4. The first-order valence-electron chi connectivity index (χ1n) is 4.31. The van der Waals surface area contributed by atoms with Gasteiger partial charge in [0.1, 0.15) is 6.42 Å². The van der Waals surface area contributed by atoms with Gasteiger partial charge in [-0.3, -0.25) is 15.3 Å². The van der Waals surface area contributed by atoms with Crippen molar-refractivity contribution in [1.29, 1.82) is 0 Å². The Bertz CT molecular complexity index is 350. The Kier molecular flexibility index (Phi) is 3.82. The zero-order chi connectivity index (χ0) is 11.3. The fourth-order valence-electron chi connectivity index (χ4n) is 1.02. The smallest absolute Gasteiger partial charge is 0.318 e. The number of hydrogen-bond donors (Lipinski definition) is 2. The van der Waals surface area contributed by atoms with E-state index < -0.39 is 24.6 Å². The van der Waals surface area contributed by atoms with Crippen molar-refractivity contribution in [3.63, 3.8) is 0 Å². The molecule has 1 aromatic rings. The van der Waals surface area contributed by atoms with E-state index in [1.165, 1.54) is 0 Å². The quantitative estimate of drug-likeness (QED) is 0.432. The van der Waals surface area contributed by atoms with Crippen LogP contribution in [0.4, 0.5) is 0 Å². The minimum absolute atomic E-state index is 0.622. The second-order valence-electron chi connectivity index (χ2n) is 2.89. The lowest BCUT2D eigenvalue weighted by molar-refractivity contribution is -0.155. The standard InChI is InChI=1S/C10H11NO4/c11-10(7-4-2-1-3-5-7)15-9(14)6-8(12)13/h1-5,10H,6,11H2,(H,12,13). The molecule has 0 aromatic heterocycles. The second-order valence-corrected chi connectivity index (χ2v) is 2.89. The molecule has 15 heavy (non-hydrogen) atoms. The van der Waals surface area contributed by atoms with Gasteiger partial charge in [0.05, 0.1) is 0 Å². The molecule has 0 aliphatic heterocycles. The van der Waals surface area contributed by atoms with Gasteiger partial charge in [0.25, 0.3) is 0 Å². The third kappa shape index (κ3) is 3.78. The molecule has 3 N–H and O–H groups in total. The highest BCUT2D eigenvalue weighted by atomic mass is 16.6. The molecule has 1 rings (SSSR count). The Morgan fingerprint density at radius 1 is 1.33 bits per heavy atom. The molecule has 0 aliphatic carbocycles. The highest BCUT2D eigenvalue weighted by Crippen LogP contribution is 2.11. The molecule has 0 spiro atoms. The molecule has 1 atom stereocenters. The molecule has 80 valence electrons. The molecule has 0 bridgehead atoms. The molecule has 0 saturated carbocycles. The van der Waals surface area contributed by atoms with Gasteiger partial charge in [-0.15, -0.1) is 0 Å². The number of carboxylic acid groups (broad SMARTS) is 1. The number of carbonyl (C=O) groups is 2. The maximum Gasteiger partial charge on any atom is 0.318 e. The molecule has 1 unspecified atom stereocenters. The SMILES string of the molecule is NC(OC(=O)CC(=O)O)c1ccccc1. The first kappa shape index (κ1) is 11.2. The van der Waals surface area contributed by atoms with Crippen molar-refractivity contribution in [1.82, 2.24) is 0 Å². The van der Waals surface area contributed by atoms with Gasteiger partial charge < -0.3 is 9.84 Å². The molecule has 0 fully saturated rings. The van der Waals surface area contributed by atoms with E-state index in [4.69, 9.17) is 15.6 Å². The van der Waals surface area contributed by atoms with Gasteiger partial charge in [0.2, 0.25) is 0 Å². The van der Waals surface area contributed by atoms with Crippen LogP contribution in [-0.2, 0) is 14.3 Å². The molecular weight excluding hydrogens is 198 g/mol. The number of nitrogens with two attached hydrogens (primary N) is 1. The summed E-state index contributed by atoms with van der Waals surface area (Å²) in [7, 11) is 0. The highest BCUT2D eigenvalue weighted by molar-refractivity contribution is 5.90. The Morgan fingerprint density at radius 3 is 2.47 bits per heavy atom. The van der Waals surface area contributed by atoms with Crippen LogP contribution in [0.3, 0.4) is 0 Å². The van der Waals surface area contributed by atoms with Gasteiger partial charge in [-0.2, -0.15) is 0 Å². The first-order chi connectivity index (χ1) is 7.09. The fraction of sp³-hybridized carbons (Fsp3) is 0.200. The van der Waals surface area contributed by atoms with Crippen molar-refractivity contribution >= 4 is 11.9 Å². The van der Waals surface area contributed by atoms with E-state index in [1.807, 2.05) is 0 Å². The van der Waals surface area contributed by atoms with E-state index >= 15 is 0 Å². The number of rotatable bonds is 4. The summed E-state index contributed by atoms with van der Waals surface area (Å²) in [6.07, 6.45) is -1.60. The lowest BCUT2D eigenvalue weighted by atomic mass is 10.2. The van der Waals surface area contributed by atoms with Gasteiger partial charge in [-0.25, -0.2) is 0 Å². The monoisotopic (exact) mass is 209 g/mol. The van der Waals surface area contributed by atoms with E-state index in [9.17, 15) is 9.59 Å². The topological polar surface area (TPSA) is 89.6 Å². The van der Waals surface area contributed by atoms with Crippen LogP contribution in [0.2, 0.25) is 0 Å². The van der Waals surface area contributed by atoms with Crippen LogP contribution in [0.1, 0.15) is 18.2 Å². The number of hydrogen-bond acceptors (Lipinski definition) is 4. The number of carbonyl (C=O) groups excluding carboxylic acids is 1. The third-order valence-electron chi connectivity index (χ3n) is 1.68. The van der Waals surface area contributed by atoms with E-state index in [1.54, 1.807) is 30.3 Å². The van der Waals surface area contributed by atoms with E-state index in [0.717, 1.165) is 0 Å². The normalized spacial score (nSPS) is 11.8. The Balaban J connectivity index is 2.53. The second kappa shape index (κ2) is 5.11. The van der Waals surface area contributed by atoms with Crippen molar-refractivity contribution in [3.05, 3.63) is 35.9 Å². The number of aliphatic carboxylic acids is 1. The van der Waals surface area contributed by atoms with E-state index in [2.05, 4.69) is 0 Å². The number of ether oxygens (including phenoxy) is 1. The van der Waals surface area contributed by atoms with Gasteiger partial charge >= 0.3 is 11.9 Å². The molecule has 1 aromatic carbocycles. The number of esters is 1. The Labute approximate surface area is 86.5 Å². The minimum atomic E-state index is -1.24. The first-order valence-corrected chi connectivity index (χ1v) is 4.31.